The second kappa shape index (κ2) is 15.3. The maximum atomic E-state index is 13.5. The number of benzene rings is 2. The lowest BCUT2D eigenvalue weighted by Crippen LogP contribution is -2.53. The summed E-state index contributed by atoms with van der Waals surface area (Å²) in [7, 11) is 3.80. The Morgan fingerprint density at radius 3 is 2.42 bits per heavy atom. The Balaban J connectivity index is 1.18. The van der Waals surface area contributed by atoms with Crippen LogP contribution in [0.5, 0.6) is 0 Å². The van der Waals surface area contributed by atoms with E-state index in [0.29, 0.717) is 35.9 Å². The molecule has 3 aliphatic heterocycles. The predicted molar refractivity (Wildman–Crippen MR) is 182 cm³/mol. The van der Waals surface area contributed by atoms with Gasteiger partial charge in [-0.25, -0.2) is 5.01 Å². The van der Waals surface area contributed by atoms with Gasteiger partial charge in [0.2, 0.25) is 5.91 Å². The highest BCUT2D eigenvalue weighted by atomic mass is 32.2. The summed E-state index contributed by atoms with van der Waals surface area (Å²) in [4.78, 5) is 45.8. The first-order chi connectivity index (χ1) is 21.8. The smallest absolute Gasteiger partial charge is 0.284 e. The number of thioether (sulfide) groups is 1. The largest absolute Gasteiger partial charge is 0.385 e. The van der Waals surface area contributed by atoms with Crippen LogP contribution < -0.4 is 21.4 Å². The van der Waals surface area contributed by atoms with Crippen LogP contribution in [0.25, 0.3) is 10.8 Å². The number of rotatable bonds is 12. The van der Waals surface area contributed by atoms with Crippen molar-refractivity contribution in [2.24, 2.45) is 5.92 Å². The zero-order valence-corrected chi connectivity index (χ0v) is 27.8. The van der Waals surface area contributed by atoms with Crippen LogP contribution in [0.2, 0.25) is 0 Å². The van der Waals surface area contributed by atoms with Crippen molar-refractivity contribution in [2.75, 3.05) is 84.9 Å². The van der Waals surface area contributed by atoms with Crippen molar-refractivity contribution in [1.82, 2.24) is 35.8 Å². The number of nitrogens with zero attached hydrogens (tertiary/aromatic N) is 4. The zero-order chi connectivity index (χ0) is 31.9. The number of carbonyl (C=O) groups is 3. The third-order valence-corrected chi connectivity index (χ3v) is 10.5. The number of likely N-dealkylation sites (tertiary alicyclic amines) is 1. The maximum absolute atomic E-state index is 13.5. The average Bonchev–Trinajstić information content (AvgIpc) is 3.68. The van der Waals surface area contributed by atoms with Gasteiger partial charge >= 0.3 is 0 Å². The minimum atomic E-state index is -0.306. The lowest BCUT2D eigenvalue weighted by atomic mass is 10.0. The summed E-state index contributed by atoms with van der Waals surface area (Å²) in [5.41, 5.74) is 5.06. The Bertz CT molecular complexity index is 1400. The van der Waals surface area contributed by atoms with Gasteiger partial charge in [-0.15, -0.1) is 0 Å². The monoisotopic (exact) mass is 636 g/mol. The van der Waals surface area contributed by atoms with Crippen molar-refractivity contribution in [3.8, 4) is 0 Å². The molecule has 3 heterocycles. The molecule has 3 fully saturated rings. The van der Waals surface area contributed by atoms with Crippen molar-refractivity contribution in [1.29, 1.82) is 0 Å². The fourth-order valence-corrected chi connectivity index (χ4v) is 7.55. The van der Waals surface area contributed by atoms with Gasteiger partial charge in [0.1, 0.15) is 10.7 Å². The van der Waals surface area contributed by atoms with Gasteiger partial charge in [0.05, 0.1) is 5.25 Å². The number of nitrogens with one attached hydrogen (secondary N) is 4. The topological polar surface area (TPSA) is 112 Å². The molecule has 2 aromatic carbocycles. The SMILES string of the molecule is CCN1C(=O)C([C@@H](C)CNc2ccc3cc(C(=O)NCCN4CCCC4)ccc3c2)S/C1=C(/NC)C(=O)NN1CCN(C)CC1. The highest BCUT2D eigenvalue weighted by Gasteiger charge is 2.41. The van der Waals surface area contributed by atoms with Crippen LogP contribution >= 0.6 is 11.8 Å². The minimum Gasteiger partial charge on any atom is -0.385 e. The first-order valence-corrected chi connectivity index (χ1v) is 17.1. The molecule has 5 rings (SSSR count). The molecule has 0 radical (unpaired) electrons. The summed E-state index contributed by atoms with van der Waals surface area (Å²) >= 11 is 1.46. The summed E-state index contributed by atoms with van der Waals surface area (Å²) in [5, 5.41) is 14.0. The van der Waals surface area contributed by atoms with E-state index >= 15 is 0 Å². The van der Waals surface area contributed by atoms with E-state index in [1.165, 1.54) is 24.6 Å². The summed E-state index contributed by atoms with van der Waals surface area (Å²) < 4.78 is 0. The van der Waals surface area contributed by atoms with Crippen molar-refractivity contribution < 1.29 is 14.4 Å². The zero-order valence-electron chi connectivity index (χ0n) is 27.0. The molecule has 0 bridgehead atoms. The van der Waals surface area contributed by atoms with Gasteiger partial charge in [-0.05, 0) is 80.9 Å². The molecule has 0 saturated carbocycles. The molecule has 0 aromatic heterocycles. The van der Waals surface area contributed by atoms with Crippen LogP contribution in [0, 0.1) is 5.92 Å². The fourth-order valence-electron chi connectivity index (χ4n) is 6.09. The second-order valence-electron chi connectivity index (χ2n) is 12.2. The van der Waals surface area contributed by atoms with Crippen molar-refractivity contribution in [2.45, 2.75) is 31.9 Å². The van der Waals surface area contributed by atoms with E-state index in [1.54, 1.807) is 11.9 Å². The third-order valence-electron chi connectivity index (χ3n) is 8.92. The standard InChI is InChI=1S/C33H48N8O3S/c1-5-41-32(44)29(45-33(41)28(34-3)31(43)37-40-18-16-38(4)17-19-40)23(2)22-36-27-11-10-24-20-26(9-8-25(24)21-27)30(42)35-12-15-39-13-6-7-14-39/h8-11,20-21,23,29,34,36H,5-7,12-19,22H2,1-4H3,(H,35,42)(H,37,43)/b33-28+/t23-,29?/m0/s1. The molecule has 12 heteroatoms. The van der Waals surface area contributed by atoms with Crippen LogP contribution in [0.3, 0.4) is 0 Å². The first kappa shape index (κ1) is 33.1. The highest BCUT2D eigenvalue weighted by Crippen LogP contribution is 2.40. The average molecular weight is 637 g/mol. The molecule has 4 N–H and O–H groups in total. The number of hydrogen-bond donors (Lipinski definition) is 4. The normalized spacial score (nSPS) is 21.6. The number of piperazine rings is 1. The summed E-state index contributed by atoms with van der Waals surface area (Å²) in [6.07, 6.45) is 2.49. The lowest BCUT2D eigenvalue weighted by molar-refractivity contribution is -0.128. The molecule has 11 nitrogen and oxygen atoms in total. The highest BCUT2D eigenvalue weighted by molar-refractivity contribution is 8.04. The molecule has 45 heavy (non-hydrogen) atoms. The van der Waals surface area contributed by atoms with Gasteiger partial charge in [-0.2, -0.15) is 0 Å². The van der Waals surface area contributed by atoms with E-state index in [-0.39, 0.29) is 28.9 Å². The summed E-state index contributed by atoms with van der Waals surface area (Å²) in [6.45, 7) is 12.2. The molecule has 3 aliphatic rings. The molecule has 1 unspecified atom stereocenters. The van der Waals surface area contributed by atoms with Gasteiger partial charge in [0.15, 0.2) is 0 Å². The fraction of sp³-hybridized carbons (Fsp3) is 0.545. The van der Waals surface area contributed by atoms with E-state index in [1.807, 2.05) is 42.3 Å². The van der Waals surface area contributed by atoms with E-state index < -0.39 is 0 Å². The number of likely N-dealkylation sites (N-methyl/N-ethyl adjacent to an activating group) is 2. The van der Waals surface area contributed by atoms with E-state index in [4.69, 9.17) is 0 Å². The van der Waals surface area contributed by atoms with Gasteiger partial charge < -0.3 is 30.7 Å². The number of carbonyl (C=O) groups excluding carboxylic acids is 3. The second-order valence-corrected chi connectivity index (χ2v) is 13.4. The molecule has 3 amide bonds. The molecule has 2 aromatic rings. The van der Waals surface area contributed by atoms with E-state index in [2.05, 4.69) is 51.2 Å². The maximum Gasteiger partial charge on any atom is 0.284 e. The molecule has 3 saturated heterocycles. The number of fused-ring (bicyclic) bond motifs is 1. The van der Waals surface area contributed by atoms with Gasteiger partial charge in [-0.3, -0.25) is 19.8 Å². The van der Waals surface area contributed by atoms with Crippen LogP contribution in [0.1, 0.15) is 37.0 Å². The van der Waals surface area contributed by atoms with Gasteiger partial charge in [0, 0.05) is 70.7 Å². The van der Waals surface area contributed by atoms with Gasteiger partial charge in [-0.1, -0.05) is 30.8 Å². The third kappa shape index (κ3) is 8.10. The summed E-state index contributed by atoms with van der Waals surface area (Å²) in [5.74, 6) is -0.230. The molecule has 0 spiro atoms. The molecule has 244 valence electrons. The van der Waals surface area contributed by atoms with Crippen molar-refractivity contribution in [3.05, 3.63) is 52.7 Å². The number of hydrogen-bond acceptors (Lipinski definition) is 9. The Hall–Kier alpha value is -3.32. The van der Waals surface area contributed by atoms with Crippen molar-refractivity contribution in [3.63, 3.8) is 0 Å². The Kier molecular flexibility index (Phi) is 11.2. The molecular weight excluding hydrogens is 588 g/mol. The Morgan fingerprint density at radius 1 is 1.00 bits per heavy atom. The summed E-state index contributed by atoms with van der Waals surface area (Å²) in [6, 6.07) is 11.9. The molecule has 0 aliphatic carbocycles. The van der Waals surface area contributed by atoms with Crippen LogP contribution in [-0.4, -0.2) is 122 Å². The minimum absolute atomic E-state index is 0.00942. The number of amides is 3. The van der Waals surface area contributed by atoms with Crippen LogP contribution in [-0.2, 0) is 9.59 Å². The Labute approximate surface area is 271 Å². The Morgan fingerprint density at radius 2 is 1.71 bits per heavy atom. The lowest BCUT2D eigenvalue weighted by Gasteiger charge is -2.32. The van der Waals surface area contributed by atoms with Gasteiger partial charge in [0.25, 0.3) is 11.8 Å². The molecule has 2 atom stereocenters. The van der Waals surface area contributed by atoms with E-state index in [9.17, 15) is 14.4 Å². The van der Waals surface area contributed by atoms with Crippen molar-refractivity contribution >= 4 is 45.9 Å². The molecular formula is C33H48N8O3S. The first-order valence-electron chi connectivity index (χ1n) is 16.2. The number of hydrazine groups is 1. The van der Waals surface area contributed by atoms with Crippen LogP contribution in [0.4, 0.5) is 5.69 Å². The quantitative estimate of drug-likeness (QED) is 0.261. The number of anilines is 1. The van der Waals surface area contributed by atoms with Crippen LogP contribution in [0.15, 0.2) is 47.1 Å². The predicted octanol–water partition coefficient (Wildman–Crippen LogP) is 2.34. The van der Waals surface area contributed by atoms with E-state index in [0.717, 1.165) is 62.3 Å².